The van der Waals surface area contributed by atoms with Gasteiger partial charge in [-0.2, -0.15) is 0 Å². The van der Waals surface area contributed by atoms with Crippen LogP contribution in [0.2, 0.25) is 0 Å². The zero-order valence-electron chi connectivity index (χ0n) is 28.5. The molecule has 1 amide bonds. The molecule has 6 saturated carbocycles. The van der Waals surface area contributed by atoms with Crippen LogP contribution in [0.25, 0.3) is 0 Å². The van der Waals surface area contributed by atoms with E-state index in [-0.39, 0.29) is 70.4 Å². The highest BCUT2D eigenvalue weighted by atomic mass is 16.7. The first-order chi connectivity index (χ1) is 21.8. The van der Waals surface area contributed by atoms with Crippen molar-refractivity contribution in [3.8, 4) is 0 Å². The lowest BCUT2D eigenvalue weighted by molar-refractivity contribution is -0.245. The smallest absolute Gasteiger partial charge is 0.303 e. The van der Waals surface area contributed by atoms with Crippen LogP contribution in [0.15, 0.2) is 0 Å². The molecule has 9 heteroatoms. The van der Waals surface area contributed by atoms with Gasteiger partial charge in [-0.05, 0) is 122 Å². The van der Waals surface area contributed by atoms with Crippen molar-refractivity contribution in [3.63, 3.8) is 0 Å². The molecule has 6 aliphatic carbocycles. The Bertz CT molecular complexity index is 1260. The number of morpholine rings is 1. The molecule has 0 aromatic carbocycles. The van der Waals surface area contributed by atoms with Crippen LogP contribution in [0.5, 0.6) is 0 Å². The Morgan fingerprint density at radius 2 is 1.76 bits per heavy atom. The van der Waals surface area contributed by atoms with Crippen LogP contribution in [0.4, 0.5) is 0 Å². The summed E-state index contributed by atoms with van der Waals surface area (Å²) >= 11 is 0. The molecule has 13 atom stereocenters. The summed E-state index contributed by atoms with van der Waals surface area (Å²) in [7, 11) is 0. The van der Waals surface area contributed by atoms with E-state index in [1.165, 1.54) is 25.7 Å². The molecule has 2 saturated heterocycles. The topological polar surface area (TPSA) is 132 Å². The zero-order valence-corrected chi connectivity index (χ0v) is 28.5. The van der Waals surface area contributed by atoms with Gasteiger partial charge in [-0.25, -0.2) is 0 Å². The first kappa shape index (κ1) is 32.0. The van der Waals surface area contributed by atoms with E-state index in [0.29, 0.717) is 50.3 Å². The minimum absolute atomic E-state index is 0.0316. The maximum Gasteiger partial charge on any atom is 0.303 e. The number of amides is 1. The number of hydrogen-bond acceptors (Lipinski definition) is 7. The highest BCUT2D eigenvalue weighted by Crippen LogP contribution is 2.87. The minimum Gasteiger partial charge on any atom is -0.481 e. The van der Waals surface area contributed by atoms with Gasteiger partial charge < -0.3 is 35.1 Å². The average molecular weight is 643 g/mol. The van der Waals surface area contributed by atoms with Crippen LogP contribution in [0.1, 0.15) is 111 Å². The van der Waals surface area contributed by atoms with Crippen molar-refractivity contribution in [2.45, 2.75) is 147 Å². The molecule has 0 aromatic heterocycles. The summed E-state index contributed by atoms with van der Waals surface area (Å²) in [5.74, 6) is 1.33. The average Bonchev–Trinajstić information content (AvgIpc) is 3.93. The van der Waals surface area contributed by atoms with Crippen molar-refractivity contribution >= 4 is 11.9 Å². The van der Waals surface area contributed by atoms with Gasteiger partial charge in [-0.1, -0.05) is 27.7 Å². The Labute approximate surface area is 274 Å². The number of carboxylic acids is 1. The number of rotatable bonds is 7. The number of nitrogens with zero attached hydrogens (tertiary/aromatic N) is 1. The van der Waals surface area contributed by atoms with Gasteiger partial charge in [0.25, 0.3) is 0 Å². The summed E-state index contributed by atoms with van der Waals surface area (Å²) in [5, 5.41) is 21.5. The van der Waals surface area contributed by atoms with Crippen LogP contribution in [-0.4, -0.2) is 82.9 Å². The van der Waals surface area contributed by atoms with Gasteiger partial charge in [0, 0.05) is 19.4 Å². The normalized spacial score (nSPS) is 52.0. The highest BCUT2D eigenvalue weighted by molar-refractivity contribution is 5.76. The first-order valence-electron chi connectivity index (χ1n) is 18.7. The Morgan fingerprint density at radius 3 is 2.50 bits per heavy atom. The summed E-state index contributed by atoms with van der Waals surface area (Å²) in [4.78, 5) is 26.1. The third kappa shape index (κ3) is 4.36. The third-order valence-electron chi connectivity index (χ3n) is 15.8. The predicted molar refractivity (Wildman–Crippen MR) is 170 cm³/mol. The van der Waals surface area contributed by atoms with Gasteiger partial charge in [-0.3, -0.25) is 9.59 Å². The molecule has 258 valence electrons. The minimum atomic E-state index is -0.797. The molecular weight excluding hydrogens is 584 g/mol. The Balaban J connectivity index is 0.995. The number of aliphatic hydroxyl groups is 1. The van der Waals surface area contributed by atoms with E-state index in [4.69, 9.17) is 19.9 Å². The molecular formula is C37H58N2O7. The van der Waals surface area contributed by atoms with E-state index >= 15 is 0 Å². The SMILES string of the molecule is C[C@@H]1CC(CCC(=O)O)OC2[C@H]1[C@@]1(C)CC[C@@]34C[C@@]35CC[C@H](O[C@H]3CN(C(=O)CC6CC6)CCO3)C(C)(C)[C@@H]5CCC4[C@]1(N)[C@H]2O. The van der Waals surface area contributed by atoms with Gasteiger partial charge in [0.15, 0.2) is 6.29 Å². The maximum atomic E-state index is 12.9. The van der Waals surface area contributed by atoms with Crippen LogP contribution in [-0.2, 0) is 23.8 Å². The molecule has 46 heavy (non-hydrogen) atoms. The van der Waals surface area contributed by atoms with Crippen LogP contribution in [0.3, 0.4) is 0 Å². The number of aliphatic hydroxyl groups excluding tert-OH is 1. The van der Waals surface area contributed by atoms with Crippen molar-refractivity contribution in [2.75, 3.05) is 19.7 Å². The lowest BCUT2D eigenvalue weighted by Crippen LogP contribution is -2.70. The van der Waals surface area contributed by atoms with Crippen molar-refractivity contribution in [3.05, 3.63) is 0 Å². The Morgan fingerprint density at radius 1 is 1.02 bits per heavy atom. The quantitative estimate of drug-likeness (QED) is 0.364. The molecule has 0 bridgehead atoms. The number of aliphatic carboxylic acids is 1. The fourth-order valence-corrected chi connectivity index (χ4v) is 13.5. The first-order valence-corrected chi connectivity index (χ1v) is 18.7. The Hall–Kier alpha value is -1.26. The molecule has 8 aliphatic rings. The van der Waals surface area contributed by atoms with E-state index in [9.17, 15) is 19.8 Å². The second-order valence-electron chi connectivity index (χ2n) is 18.1. The molecule has 4 N–H and O–H groups in total. The van der Waals surface area contributed by atoms with Crippen LogP contribution in [0, 0.1) is 51.2 Å². The number of nitrogens with two attached hydrogens (primary N) is 1. The van der Waals surface area contributed by atoms with Gasteiger partial charge in [0.05, 0.1) is 43.1 Å². The molecule has 2 aliphatic heterocycles. The summed E-state index contributed by atoms with van der Waals surface area (Å²) in [5.41, 5.74) is 7.14. The third-order valence-corrected chi connectivity index (χ3v) is 15.8. The molecule has 9 nitrogen and oxygen atoms in total. The fourth-order valence-electron chi connectivity index (χ4n) is 13.5. The van der Waals surface area contributed by atoms with E-state index in [1.807, 2.05) is 4.90 Å². The number of carboxylic acid groups (broad SMARTS) is 1. The number of carbonyl (C=O) groups excluding carboxylic acids is 1. The van der Waals surface area contributed by atoms with E-state index < -0.39 is 17.6 Å². The fraction of sp³-hybridized carbons (Fsp3) is 0.946. The van der Waals surface area contributed by atoms with Crippen molar-refractivity contribution in [1.82, 2.24) is 4.90 Å². The second kappa shape index (κ2) is 10.6. The summed E-state index contributed by atoms with van der Waals surface area (Å²) in [6, 6.07) is 0. The standard InChI is InChI=1S/C37H58N2O7/c1-21-17-23(7-10-28(41)42)45-31-30(21)34(4)13-14-36-20-35(36)12-11-26(33(2,3)24(35)8-9-25(36)37(34,38)32(31)43)46-29-19-39(15-16-44-29)27(40)18-22-5-6-22/h21-26,29-32,43H,5-20,38H2,1-4H3,(H,41,42)/t21-,23?,24+,25?,26+,29+,30+,31?,32+,34-,35-,36+,37+/m1/s1. The number of hydrogen-bond donors (Lipinski definition) is 3. The molecule has 0 radical (unpaired) electrons. The molecule has 8 rings (SSSR count). The summed E-state index contributed by atoms with van der Waals surface area (Å²) in [6.45, 7) is 11.2. The lowest BCUT2D eigenvalue weighted by atomic mass is 9.43. The molecule has 3 unspecified atom stereocenters. The number of carbonyl (C=O) groups is 2. The Kier molecular flexibility index (Phi) is 7.38. The molecule has 2 heterocycles. The number of ether oxygens (including phenoxy) is 3. The highest BCUT2D eigenvalue weighted by Gasteiger charge is 2.85. The van der Waals surface area contributed by atoms with Crippen molar-refractivity contribution in [2.24, 2.45) is 57.0 Å². The lowest BCUT2D eigenvalue weighted by Gasteiger charge is -2.63. The largest absolute Gasteiger partial charge is 0.481 e. The second-order valence-corrected chi connectivity index (χ2v) is 18.1. The van der Waals surface area contributed by atoms with Crippen LogP contribution < -0.4 is 5.73 Å². The summed E-state index contributed by atoms with van der Waals surface area (Å²) < 4.78 is 19.5. The van der Waals surface area contributed by atoms with Gasteiger partial charge in [0.2, 0.25) is 5.91 Å². The van der Waals surface area contributed by atoms with Crippen molar-refractivity contribution in [1.29, 1.82) is 0 Å². The molecule has 8 fully saturated rings. The van der Waals surface area contributed by atoms with Gasteiger partial charge in [0.1, 0.15) is 0 Å². The zero-order chi connectivity index (χ0) is 32.4. The molecule has 0 aromatic rings. The predicted octanol–water partition coefficient (Wildman–Crippen LogP) is 4.73. The van der Waals surface area contributed by atoms with Gasteiger partial charge in [-0.15, -0.1) is 0 Å². The van der Waals surface area contributed by atoms with E-state index in [2.05, 4.69) is 27.7 Å². The molecule has 2 spiro atoms. The van der Waals surface area contributed by atoms with Gasteiger partial charge >= 0.3 is 5.97 Å². The van der Waals surface area contributed by atoms with E-state index in [0.717, 1.165) is 38.5 Å². The summed E-state index contributed by atoms with van der Waals surface area (Å²) in [6.07, 6.45) is 10.6. The monoisotopic (exact) mass is 642 g/mol. The van der Waals surface area contributed by atoms with Crippen LogP contribution >= 0.6 is 0 Å². The van der Waals surface area contributed by atoms with E-state index in [1.54, 1.807) is 0 Å². The number of fused-ring (bicyclic) bond motifs is 4. The maximum absolute atomic E-state index is 12.9. The van der Waals surface area contributed by atoms with Crippen molar-refractivity contribution < 1.29 is 34.0 Å².